The molecule has 0 aliphatic carbocycles. The van der Waals surface area contributed by atoms with Gasteiger partial charge in [-0.1, -0.05) is 30.3 Å². The summed E-state index contributed by atoms with van der Waals surface area (Å²) in [5.74, 6) is 2.51. The van der Waals surface area contributed by atoms with Gasteiger partial charge in [-0.05, 0) is 30.2 Å². The van der Waals surface area contributed by atoms with E-state index >= 15 is 0 Å². The normalized spacial score (nSPS) is 15.4. The maximum atomic E-state index is 8.82. The zero-order chi connectivity index (χ0) is 22.9. The van der Waals surface area contributed by atoms with E-state index in [2.05, 4.69) is 37.4 Å². The second-order valence-electron chi connectivity index (χ2n) is 8.21. The molecule has 33 heavy (non-hydrogen) atoms. The Labute approximate surface area is 191 Å². The maximum Gasteiger partial charge on any atom is 0.228 e. The molecule has 0 saturated heterocycles. The van der Waals surface area contributed by atoms with Crippen LogP contribution in [0, 0.1) is 16.7 Å². The Morgan fingerprint density at radius 3 is 2.61 bits per heavy atom. The first-order valence-corrected chi connectivity index (χ1v) is 10.7. The zero-order valence-corrected chi connectivity index (χ0v) is 18.5. The summed E-state index contributed by atoms with van der Waals surface area (Å²) in [5, 5.41) is 24.8. The predicted molar refractivity (Wildman–Crippen MR) is 128 cm³/mol. The Balaban J connectivity index is 1.46. The summed E-state index contributed by atoms with van der Waals surface area (Å²) in [6.07, 6.45) is 4.17. The van der Waals surface area contributed by atoms with Gasteiger partial charge in [0.2, 0.25) is 5.95 Å². The topological polar surface area (TPSA) is 112 Å². The van der Waals surface area contributed by atoms with Gasteiger partial charge in [0.25, 0.3) is 0 Å². The van der Waals surface area contributed by atoms with Gasteiger partial charge in [-0.2, -0.15) is 5.10 Å². The van der Waals surface area contributed by atoms with Gasteiger partial charge in [0.05, 0.1) is 11.9 Å². The highest BCUT2D eigenvalue weighted by atomic mass is 15.3. The molecule has 4 aromatic rings. The summed E-state index contributed by atoms with van der Waals surface area (Å²) >= 11 is 0. The second kappa shape index (κ2) is 8.34. The SMILES string of the molecule is CN1CC(Cc2ccccc2)C(=N)n2c1cc(-c1ccnc(Nc3ccnn3C)n1)cc2=N. The van der Waals surface area contributed by atoms with Gasteiger partial charge in [-0.3, -0.25) is 20.1 Å². The van der Waals surface area contributed by atoms with Gasteiger partial charge >= 0.3 is 0 Å². The Kier molecular flexibility index (Phi) is 5.21. The van der Waals surface area contributed by atoms with Crippen LogP contribution < -0.4 is 15.7 Å². The minimum Gasteiger partial charge on any atom is -0.360 e. The van der Waals surface area contributed by atoms with Crippen molar-refractivity contribution in [2.24, 2.45) is 13.0 Å². The monoisotopic (exact) mass is 439 g/mol. The van der Waals surface area contributed by atoms with Crippen molar-refractivity contribution in [1.82, 2.24) is 24.3 Å². The highest BCUT2D eigenvalue weighted by Gasteiger charge is 2.28. The number of aromatic nitrogens is 5. The fourth-order valence-corrected chi connectivity index (χ4v) is 4.21. The Hall–Kier alpha value is -4.27. The van der Waals surface area contributed by atoms with Crippen LogP contribution in [-0.2, 0) is 13.5 Å². The van der Waals surface area contributed by atoms with E-state index in [0.29, 0.717) is 24.0 Å². The van der Waals surface area contributed by atoms with E-state index in [1.54, 1.807) is 27.7 Å². The summed E-state index contributed by atoms with van der Waals surface area (Å²) in [5.41, 5.74) is 2.97. The molecular weight excluding hydrogens is 414 g/mol. The Bertz CT molecular complexity index is 1370. The van der Waals surface area contributed by atoms with E-state index in [9.17, 15) is 0 Å². The molecule has 0 bridgehead atoms. The molecule has 3 N–H and O–H groups in total. The molecule has 1 aliphatic heterocycles. The van der Waals surface area contributed by atoms with Crippen LogP contribution in [0.25, 0.3) is 11.3 Å². The molecule has 0 spiro atoms. The summed E-state index contributed by atoms with van der Waals surface area (Å²) in [6, 6.07) is 17.6. The van der Waals surface area contributed by atoms with E-state index in [1.165, 1.54) is 5.56 Å². The van der Waals surface area contributed by atoms with E-state index in [0.717, 1.165) is 23.6 Å². The summed E-state index contributed by atoms with van der Waals surface area (Å²) in [4.78, 5) is 11.1. The first-order chi connectivity index (χ1) is 16.0. The molecule has 0 amide bonds. The molecule has 5 rings (SSSR count). The first-order valence-electron chi connectivity index (χ1n) is 10.7. The van der Waals surface area contributed by atoms with Gasteiger partial charge in [0.15, 0.2) is 0 Å². The third-order valence-electron chi connectivity index (χ3n) is 5.90. The van der Waals surface area contributed by atoms with Crippen molar-refractivity contribution in [2.75, 3.05) is 23.8 Å². The Morgan fingerprint density at radius 1 is 1.03 bits per heavy atom. The Morgan fingerprint density at radius 2 is 1.85 bits per heavy atom. The van der Waals surface area contributed by atoms with Crippen molar-refractivity contribution in [3.8, 4) is 11.3 Å². The average molecular weight is 440 g/mol. The van der Waals surface area contributed by atoms with Crippen LogP contribution in [0.1, 0.15) is 5.56 Å². The van der Waals surface area contributed by atoms with Crippen LogP contribution in [0.2, 0.25) is 0 Å². The number of nitrogens with one attached hydrogen (secondary N) is 3. The fourth-order valence-electron chi connectivity index (χ4n) is 4.21. The molecule has 1 aromatic carbocycles. The van der Waals surface area contributed by atoms with Crippen LogP contribution in [-0.4, -0.2) is 43.7 Å². The number of hydrogen-bond donors (Lipinski definition) is 3. The van der Waals surface area contributed by atoms with Crippen LogP contribution in [0.15, 0.2) is 67.0 Å². The van der Waals surface area contributed by atoms with E-state index in [-0.39, 0.29) is 11.4 Å². The second-order valence-corrected chi connectivity index (χ2v) is 8.21. The van der Waals surface area contributed by atoms with Gasteiger partial charge in [-0.15, -0.1) is 0 Å². The zero-order valence-electron chi connectivity index (χ0n) is 18.5. The number of anilines is 3. The van der Waals surface area contributed by atoms with E-state index in [1.807, 2.05) is 50.5 Å². The molecule has 0 fully saturated rings. The smallest absolute Gasteiger partial charge is 0.228 e. The molecule has 0 saturated carbocycles. The van der Waals surface area contributed by atoms with Crippen LogP contribution in [0.4, 0.5) is 17.6 Å². The lowest BCUT2D eigenvalue weighted by Gasteiger charge is -2.35. The number of fused-ring (bicyclic) bond motifs is 1. The maximum absolute atomic E-state index is 8.82. The molecule has 4 heterocycles. The molecule has 0 radical (unpaired) electrons. The molecule has 166 valence electrons. The number of rotatable bonds is 5. The van der Waals surface area contributed by atoms with E-state index in [4.69, 9.17) is 10.8 Å². The highest BCUT2D eigenvalue weighted by Crippen LogP contribution is 2.27. The minimum absolute atomic E-state index is 0.0126. The third kappa shape index (κ3) is 4.00. The molecule has 1 atom stereocenters. The van der Waals surface area contributed by atoms with Crippen molar-refractivity contribution in [3.63, 3.8) is 0 Å². The van der Waals surface area contributed by atoms with Gasteiger partial charge in [0, 0.05) is 44.4 Å². The number of nitrogens with zero attached hydrogens (tertiary/aromatic N) is 6. The molecular formula is C24H25N9. The fraction of sp³-hybridized carbons (Fsp3) is 0.208. The molecule has 9 nitrogen and oxygen atoms in total. The summed E-state index contributed by atoms with van der Waals surface area (Å²) < 4.78 is 3.43. The van der Waals surface area contributed by atoms with Crippen molar-refractivity contribution in [1.29, 1.82) is 10.8 Å². The lowest BCUT2D eigenvalue weighted by molar-refractivity contribution is 0.606. The van der Waals surface area contributed by atoms with Crippen molar-refractivity contribution in [2.45, 2.75) is 6.42 Å². The number of pyridine rings is 1. The minimum atomic E-state index is 0.0126. The number of hydrogen-bond acceptors (Lipinski definition) is 7. The van der Waals surface area contributed by atoms with E-state index < -0.39 is 0 Å². The van der Waals surface area contributed by atoms with Crippen LogP contribution in [0.5, 0.6) is 0 Å². The molecule has 1 aliphatic rings. The van der Waals surface area contributed by atoms with Crippen LogP contribution >= 0.6 is 0 Å². The predicted octanol–water partition coefficient (Wildman–Crippen LogP) is 3.04. The van der Waals surface area contributed by atoms with Gasteiger partial charge < -0.3 is 10.2 Å². The molecule has 1 unspecified atom stereocenters. The molecule has 3 aromatic heterocycles. The highest BCUT2D eigenvalue weighted by molar-refractivity contribution is 5.90. The lowest BCUT2D eigenvalue weighted by atomic mass is 9.95. The van der Waals surface area contributed by atoms with Crippen molar-refractivity contribution in [3.05, 3.63) is 78.0 Å². The number of benzene rings is 1. The molecule has 9 heteroatoms. The van der Waals surface area contributed by atoms with Gasteiger partial charge in [-0.25, -0.2) is 9.97 Å². The largest absolute Gasteiger partial charge is 0.360 e. The summed E-state index contributed by atoms with van der Waals surface area (Å²) in [6.45, 7) is 0.716. The number of aryl methyl sites for hydroxylation is 1. The van der Waals surface area contributed by atoms with Crippen LogP contribution in [0.3, 0.4) is 0 Å². The lowest BCUT2D eigenvalue weighted by Crippen LogP contribution is -2.46. The van der Waals surface area contributed by atoms with Crippen molar-refractivity contribution < 1.29 is 0 Å². The van der Waals surface area contributed by atoms with Gasteiger partial charge in [0.1, 0.15) is 23.0 Å². The average Bonchev–Trinajstić information content (AvgIpc) is 3.22. The third-order valence-corrected chi connectivity index (χ3v) is 5.90. The van der Waals surface area contributed by atoms with Crippen molar-refractivity contribution >= 4 is 23.4 Å². The summed E-state index contributed by atoms with van der Waals surface area (Å²) in [7, 11) is 3.85. The standard InChI is InChI=1S/C24H25N9/c1-31-15-18(12-16-6-4-3-5-7-16)23(26)33-20(25)13-17(14-22(31)33)19-8-10-27-24(29-19)30-21-9-11-28-32(21)2/h3-11,13-14,18,25-26H,12,15H2,1-2H3,(H,27,29,30). The quantitative estimate of drug-likeness (QED) is 0.443. The first kappa shape index (κ1) is 20.6.